The van der Waals surface area contributed by atoms with Crippen LogP contribution in [0.4, 0.5) is 0 Å². The summed E-state index contributed by atoms with van der Waals surface area (Å²) in [5, 5.41) is 10.4. The molecule has 0 radical (unpaired) electrons. The van der Waals surface area contributed by atoms with E-state index in [0.29, 0.717) is 0 Å². The van der Waals surface area contributed by atoms with Crippen LogP contribution in [0.5, 0.6) is 0 Å². The van der Waals surface area contributed by atoms with Gasteiger partial charge >= 0.3 is 0 Å². The van der Waals surface area contributed by atoms with E-state index in [2.05, 4.69) is 240 Å². The molecule has 9 aromatic carbocycles. The molecule has 11 rings (SSSR count). The highest BCUT2D eigenvalue weighted by Crippen LogP contribution is 2.39. The molecule has 0 saturated carbocycles. The van der Waals surface area contributed by atoms with Crippen LogP contribution in [0.2, 0.25) is 0 Å². The van der Waals surface area contributed by atoms with E-state index in [0.717, 1.165) is 11.4 Å². The van der Waals surface area contributed by atoms with E-state index in [1.165, 1.54) is 75.5 Å². The Morgan fingerprint density at radius 2 is 0.737 bits per heavy atom. The zero-order chi connectivity index (χ0) is 37.8. The van der Waals surface area contributed by atoms with E-state index in [1.807, 2.05) is 0 Å². The van der Waals surface area contributed by atoms with Crippen molar-refractivity contribution in [2.24, 2.45) is 0 Å². The Morgan fingerprint density at radius 3 is 1.33 bits per heavy atom. The zero-order valence-electron chi connectivity index (χ0n) is 31.3. The first-order chi connectivity index (χ1) is 28.3. The van der Waals surface area contributed by atoms with Gasteiger partial charge in [0.05, 0.1) is 27.8 Å². The Kier molecular flexibility index (Phi) is 7.87. The highest BCUT2D eigenvalue weighted by atomic mass is 28.3. The second-order valence-corrected chi connectivity index (χ2v) is 18.7. The lowest BCUT2D eigenvalue weighted by Gasteiger charge is -2.34. The highest BCUT2D eigenvalue weighted by Gasteiger charge is 2.41. The highest BCUT2D eigenvalue weighted by molar-refractivity contribution is 7.20. The first-order valence-electron chi connectivity index (χ1n) is 19.7. The monoisotopic (exact) mass is 742 g/mol. The third-order valence-corrected chi connectivity index (χ3v) is 16.6. The standard InChI is InChI=1S/C54H38N2Si/c1-5-18-39(19-6-1)40-32-34-41(35-33-40)55-50-29-15-14-27-47(50)49-28-17-31-52(54(49)55)56-51-30-16-13-26-46(51)48-37-36-45(38-53(48)56)57(42-20-7-2-8-21-42,43-22-9-3-10-23-43)44-24-11-4-12-25-44/h1-38H. The molecule has 3 heteroatoms. The van der Waals surface area contributed by atoms with Crippen LogP contribution in [0.15, 0.2) is 231 Å². The largest absolute Gasteiger partial charge is 0.307 e. The molecule has 0 N–H and O–H groups in total. The topological polar surface area (TPSA) is 9.86 Å². The van der Waals surface area contributed by atoms with Crippen LogP contribution in [0, 0.1) is 0 Å². The molecular formula is C54H38N2Si. The van der Waals surface area contributed by atoms with Crippen LogP contribution in [0.1, 0.15) is 0 Å². The Balaban J connectivity index is 1.23. The summed E-state index contributed by atoms with van der Waals surface area (Å²) in [4.78, 5) is 0. The van der Waals surface area contributed by atoms with Gasteiger partial charge in [-0.15, -0.1) is 0 Å². The van der Waals surface area contributed by atoms with Crippen molar-refractivity contribution in [3.05, 3.63) is 231 Å². The molecule has 0 spiro atoms. The van der Waals surface area contributed by atoms with Gasteiger partial charge in [-0.1, -0.05) is 194 Å². The fourth-order valence-electron chi connectivity index (χ4n) is 9.41. The van der Waals surface area contributed by atoms with Crippen molar-refractivity contribution < 1.29 is 0 Å². The van der Waals surface area contributed by atoms with Crippen molar-refractivity contribution in [2.45, 2.75) is 0 Å². The number of aromatic nitrogens is 2. The fourth-order valence-corrected chi connectivity index (χ4v) is 14.2. The minimum absolute atomic E-state index is 1.14. The molecule has 0 fully saturated rings. The summed E-state index contributed by atoms with van der Waals surface area (Å²) in [6, 6.07) is 85.2. The first-order valence-corrected chi connectivity index (χ1v) is 21.7. The first kappa shape index (κ1) is 33.2. The van der Waals surface area contributed by atoms with Crippen molar-refractivity contribution in [3.8, 4) is 22.5 Å². The molecule has 0 unspecified atom stereocenters. The summed E-state index contributed by atoms with van der Waals surface area (Å²) in [7, 11) is -2.79. The summed E-state index contributed by atoms with van der Waals surface area (Å²) < 4.78 is 5.00. The maximum atomic E-state index is 2.53. The predicted octanol–water partition coefficient (Wildman–Crippen LogP) is 10.9. The van der Waals surface area contributed by atoms with Gasteiger partial charge in [0.15, 0.2) is 8.07 Å². The Morgan fingerprint density at radius 1 is 0.281 bits per heavy atom. The maximum Gasteiger partial charge on any atom is 0.179 e. The molecule has 0 aliphatic rings. The molecule has 0 aliphatic heterocycles. The number of para-hydroxylation sites is 3. The summed E-state index contributed by atoms with van der Waals surface area (Å²) in [6.45, 7) is 0. The number of hydrogen-bond acceptors (Lipinski definition) is 0. The number of benzene rings is 9. The number of hydrogen-bond donors (Lipinski definition) is 0. The van der Waals surface area contributed by atoms with Gasteiger partial charge in [0.1, 0.15) is 0 Å². The molecule has 2 heterocycles. The van der Waals surface area contributed by atoms with Gasteiger partial charge in [0.25, 0.3) is 0 Å². The third-order valence-electron chi connectivity index (χ3n) is 11.9. The second kappa shape index (κ2) is 13.5. The fraction of sp³-hybridized carbons (Fsp3) is 0. The lowest BCUT2D eigenvalue weighted by molar-refractivity contribution is 1.13. The SMILES string of the molecule is c1ccc(-c2ccc(-n3c4ccccc4c4cccc(-n5c6ccccc6c6ccc([Si](c7ccccc7)(c7ccccc7)c7ccccc7)cc65)c43)cc2)cc1. The van der Waals surface area contributed by atoms with Crippen molar-refractivity contribution in [1.82, 2.24) is 9.13 Å². The van der Waals surface area contributed by atoms with E-state index in [1.54, 1.807) is 0 Å². The van der Waals surface area contributed by atoms with E-state index >= 15 is 0 Å². The molecule has 0 amide bonds. The van der Waals surface area contributed by atoms with Crippen LogP contribution < -0.4 is 20.7 Å². The summed E-state index contributed by atoms with van der Waals surface area (Å²) in [5.74, 6) is 0. The average molecular weight is 743 g/mol. The van der Waals surface area contributed by atoms with Gasteiger partial charge in [-0.2, -0.15) is 0 Å². The Hall–Kier alpha value is -7.20. The molecule has 57 heavy (non-hydrogen) atoms. The molecule has 268 valence electrons. The van der Waals surface area contributed by atoms with Gasteiger partial charge in [0.2, 0.25) is 0 Å². The molecule has 0 aliphatic carbocycles. The second-order valence-electron chi connectivity index (χ2n) is 14.9. The van der Waals surface area contributed by atoms with Crippen LogP contribution in [-0.4, -0.2) is 17.2 Å². The molecule has 2 aromatic heterocycles. The quantitative estimate of drug-likeness (QED) is 0.114. The van der Waals surface area contributed by atoms with Crippen LogP contribution >= 0.6 is 0 Å². The lowest BCUT2D eigenvalue weighted by Crippen LogP contribution is -2.74. The van der Waals surface area contributed by atoms with Gasteiger partial charge in [-0.05, 0) is 68.3 Å². The van der Waals surface area contributed by atoms with Gasteiger partial charge < -0.3 is 9.13 Å². The molecule has 0 bridgehead atoms. The minimum atomic E-state index is -2.79. The predicted molar refractivity (Wildman–Crippen MR) is 244 cm³/mol. The molecule has 11 aromatic rings. The summed E-state index contributed by atoms with van der Waals surface area (Å²) >= 11 is 0. The smallest absolute Gasteiger partial charge is 0.179 e. The number of fused-ring (bicyclic) bond motifs is 6. The van der Waals surface area contributed by atoms with Gasteiger partial charge in [0, 0.05) is 27.2 Å². The van der Waals surface area contributed by atoms with Gasteiger partial charge in [-0.3, -0.25) is 0 Å². The van der Waals surface area contributed by atoms with Crippen LogP contribution in [-0.2, 0) is 0 Å². The van der Waals surface area contributed by atoms with Crippen molar-refractivity contribution >= 4 is 72.4 Å². The normalized spacial score (nSPS) is 11.9. The van der Waals surface area contributed by atoms with E-state index in [9.17, 15) is 0 Å². The van der Waals surface area contributed by atoms with E-state index < -0.39 is 8.07 Å². The summed E-state index contributed by atoms with van der Waals surface area (Å²) in [5.41, 5.74) is 9.50. The van der Waals surface area contributed by atoms with E-state index in [4.69, 9.17) is 0 Å². The van der Waals surface area contributed by atoms with Crippen LogP contribution in [0.3, 0.4) is 0 Å². The molecule has 0 saturated heterocycles. The number of nitrogens with zero attached hydrogens (tertiary/aromatic N) is 2. The Bertz CT molecular complexity index is 3100. The average Bonchev–Trinajstić information content (AvgIpc) is 3.81. The number of rotatable bonds is 7. The molecular weight excluding hydrogens is 705 g/mol. The summed E-state index contributed by atoms with van der Waals surface area (Å²) in [6.07, 6.45) is 0. The molecule has 0 atom stereocenters. The van der Waals surface area contributed by atoms with Crippen molar-refractivity contribution in [2.75, 3.05) is 0 Å². The van der Waals surface area contributed by atoms with Crippen LogP contribution in [0.25, 0.3) is 66.1 Å². The molecule has 2 nitrogen and oxygen atoms in total. The Labute approximate surface area is 333 Å². The van der Waals surface area contributed by atoms with Crippen molar-refractivity contribution in [1.29, 1.82) is 0 Å². The maximum absolute atomic E-state index is 2.79. The zero-order valence-corrected chi connectivity index (χ0v) is 32.3. The van der Waals surface area contributed by atoms with E-state index in [-0.39, 0.29) is 0 Å². The van der Waals surface area contributed by atoms with Crippen molar-refractivity contribution in [3.63, 3.8) is 0 Å². The lowest BCUT2D eigenvalue weighted by atomic mass is 10.1. The third kappa shape index (κ3) is 5.17. The van der Waals surface area contributed by atoms with Gasteiger partial charge in [-0.25, -0.2) is 0 Å². The minimum Gasteiger partial charge on any atom is -0.307 e.